The molecule has 0 saturated carbocycles. The summed E-state index contributed by atoms with van der Waals surface area (Å²) in [5.74, 6) is 6.18. The average molecular weight is 162 g/mol. The van der Waals surface area contributed by atoms with Crippen molar-refractivity contribution in [1.82, 2.24) is 0 Å². The number of rotatable bonds is 2. The van der Waals surface area contributed by atoms with E-state index >= 15 is 0 Å². The van der Waals surface area contributed by atoms with Gasteiger partial charge in [0.1, 0.15) is 0 Å². The lowest BCUT2D eigenvalue weighted by Crippen LogP contribution is -1.74. The Hall–Kier alpha value is -0.920. The van der Waals surface area contributed by atoms with Crippen molar-refractivity contribution in [3.05, 3.63) is 16.9 Å². The van der Waals surface area contributed by atoms with Gasteiger partial charge in [-0.15, -0.1) is 5.73 Å². The first-order valence-electron chi connectivity index (χ1n) is 4.68. The van der Waals surface area contributed by atoms with E-state index in [4.69, 9.17) is 0 Å². The molecule has 0 heteroatoms. The zero-order valence-electron chi connectivity index (χ0n) is 8.62. The van der Waals surface area contributed by atoms with Gasteiger partial charge in [-0.05, 0) is 25.3 Å². The molecule has 0 nitrogen and oxygen atoms in total. The molecule has 12 heavy (non-hydrogen) atoms. The van der Waals surface area contributed by atoms with Gasteiger partial charge in [-0.2, -0.15) is 0 Å². The molecule has 0 unspecified atom stereocenters. The zero-order chi connectivity index (χ0) is 9.40. The molecule has 0 atom stereocenters. The molecule has 0 fully saturated rings. The summed E-state index contributed by atoms with van der Waals surface area (Å²) in [6.45, 7) is 8.43. The van der Waals surface area contributed by atoms with E-state index in [1.807, 2.05) is 0 Å². The summed E-state index contributed by atoms with van der Waals surface area (Å²) in [7, 11) is 0. The van der Waals surface area contributed by atoms with Crippen LogP contribution < -0.4 is 0 Å². The van der Waals surface area contributed by atoms with E-state index < -0.39 is 0 Å². The van der Waals surface area contributed by atoms with Gasteiger partial charge in [-0.3, -0.25) is 0 Å². The summed E-state index contributed by atoms with van der Waals surface area (Å²) in [4.78, 5) is 0. The first-order chi connectivity index (χ1) is 5.74. The molecular weight excluding hydrogens is 144 g/mol. The molecule has 0 spiro atoms. The SMILES string of the molecule is CCC#CC(=C=C(C)CC)CC. The number of allylic oxidation sites excluding steroid dienone is 1. The third-order valence-corrected chi connectivity index (χ3v) is 1.66. The largest absolute Gasteiger partial charge is 0.109 e. The Morgan fingerprint density at radius 3 is 2.17 bits per heavy atom. The first-order valence-corrected chi connectivity index (χ1v) is 4.68. The second-order valence-corrected chi connectivity index (χ2v) is 2.75. The maximum atomic E-state index is 3.31. The predicted octanol–water partition coefficient (Wildman–Crippen LogP) is 3.69. The minimum atomic E-state index is 0.927. The van der Waals surface area contributed by atoms with Crippen LogP contribution in [0.1, 0.15) is 47.0 Å². The fraction of sp³-hybridized carbons (Fsp3) is 0.583. The normalized spacial score (nSPS) is 8.00. The average Bonchev–Trinajstić information content (AvgIpc) is 2.11. The van der Waals surface area contributed by atoms with Gasteiger partial charge >= 0.3 is 0 Å². The standard InChI is InChI=1S/C12H18/c1-5-8-9-12(7-3)10-11(4)6-2/h5-7H2,1-4H3. The van der Waals surface area contributed by atoms with Crippen LogP contribution in [0.3, 0.4) is 0 Å². The predicted molar refractivity (Wildman–Crippen MR) is 54.9 cm³/mol. The van der Waals surface area contributed by atoms with E-state index in [2.05, 4.69) is 45.3 Å². The van der Waals surface area contributed by atoms with Gasteiger partial charge in [0.05, 0.1) is 0 Å². The molecule has 0 aliphatic rings. The van der Waals surface area contributed by atoms with Crippen molar-refractivity contribution in [1.29, 1.82) is 0 Å². The van der Waals surface area contributed by atoms with E-state index in [0.717, 1.165) is 24.8 Å². The second kappa shape index (κ2) is 6.77. The fourth-order valence-electron chi connectivity index (χ4n) is 0.749. The van der Waals surface area contributed by atoms with E-state index in [1.165, 1.54) is 5.57 Å². The highest BCUT2D eigenvalue weighted by molar-refractivity contribution is 5.28. The van der Waals surface area contributed by atoms with Crippen LogP contribution in [0.25, 0.3) is 0 Å². The molecule has 0 N–H and O–H groups in total. The van der Waals surface area contributed by atoms with Crippen LogP contribution in [-0.4, -0.2) is 0 Å². The quantitative estimate of drug-likeness (QED) is 0.429. The smallest absolute Gasteiger partial charge is 0.0434 e. The molecule has 66 valence electrons. The van der Waals surface area contributed by atoms with E-state index in [-0.39, 0.29) is 0 Å². The van der Waals surface area contributed by atoms with Crippen molar-refractivity contribution >= 4 is 0 Å². The van der Waals surface area contributed by atoms with E-state index in [0.29, 0.717) is 0 Å². The van der Waals surface area contributed by atoms with Gasteiger partial charge in [0.2, 0.25) is 0 Å². The van der Waals surface area contributed by atoms with Gasteiger partial charge in [0.25, 0.3) is 0 Å². The van der Waals surface area contributed by atoms with Gasteiger partial charge in [-0.25, -0.2) is 0 Å². The summed E-state index contributed by atoms with van der Waals surface area (Å²) in [5.41, 5.74) is 5.74. The monoisotopic (exact) mass is 162 g/mol. The molecule has 0 bridgehead atoms. The minimum Gasteiger partial charge on any atom is -0.109 e. The summed E-state index contributed by atoms with van der Waals surface area (Å²) in [5, 5.41) is 0. The van der Waals surface area contributed by atoms with Gasteiger partial charge in [0.15, 0.2) is 0 Å². The van der Waals surface area contributed by atoms with Gasteiger partial charge in [-0.1, -0.05) is 32.6 Å². The van der Waals surface area contributed by atoms with Crippen molar-refractivity contribution in [2.45, 2.75) is 47.0 Å². The molecule has 0 aromatic rings. The van der Waals surface area contributed by atoms with Crippen LogP contribution in [0.5, 0.6) is 0 Å². The molecule has 0 aliphatic heterocycles. The van der Waals surface area contributed by atoms with E-state index in [1.54, 1.807) is 0 Å². The Morgan fingerprint density at radius 1 is 1.08 bits per heavy atom. The molecule has 0 rings (SSSR count). The highest BCUT2D eigenvalue weighted by Gasteiger charge is 1.85. The second-order valence-electron chi connectivity index (χ2n) is 2.75. The molecule has 0 amide bonds. The van der Waals surface area contributed by atoms with Gasteiger partial charge < -0.3 is 0 Å². The summed E-state index contributed by atoms with van der Waals surface area (Å²) in [6.07, 6.45) is 2.98. The highest BCUT2D eigenvalue weighted by Crippen LogP contribution is 2.01. The Labute approximate surface area is 76.4 Å². The topological polar surface area (TPSA) is 0 Å². The van der Waals surface area contributed by atoms with Crippen molar-refractivity contribution in [3.63, 3.8) is 0 Å². The van der Waals surface area contributed by atoms with Crippen molar-refractivity contribution in [3.8, 4) is 11.8 Å². The lowest BCUT2D eigenvalue weighted by Gasteiger charge is -1.90. The molecule has 0 radical (unpaired) electrons. The summed E-state index contributed by atoms with van der Waals surface area (Å²) in [6, 6.07) is 0. The Balaban J connectivity index is 4.65. The van der Waals surface area contributed by atoms with Crippen molar-refractivity contribution in [2.24, 2.45) is 0 Å². The highest BCUT2D eigenvalue weighted by atomic mass is 13.9. The minimum absolute atomic E-state index is 0.927. The maximum absolute atomic E-state index is 3.31. The molecule has 0 saturated heterocycles. The maximum Gasteiger partial charge on any atom is 0.0434 e. The van der Waals surface area contributed by atoms with Crippen LogP contribution in [-0.2, 0) is 0 Å². The Kier molecular flexibility index (Phi) is 6.25. The van der Waals surface area contributed by atoms with Crippen LogP contribution in [0.2, 0.25) is 0 Å². The summed E-state index contributed by atoms with van der Waals surface area (Å²) >= 11 is 0. The number of hydrogen-bond donors (Lipinski definition) is 0. The third-order valence-electron chi connectivity index (χ3n) is 1.66. The van der Waals surface area contributed by atoms with Crippen LogP contribution >= 0.6 is 0 Å². The number of hydrogen-bond acceptors (Lipinski definition) is 0. The van der Waals surface area contributed by atoms with Crippen LogP contribution in [0, 0.1) is 11.8 Å². The third kappa shape index (κ3) is 4.83. The lowest BCUT2D eigenvalue weighted by atomic mass is 10.1. The lowest BCUT2D eigenvalue weighted by molar-refractivity contribution is 1.09. The van der Waals surface area contributed by atoms with Crippen molar-refractivity contribution < 1.29 is 0 Å². The molecular formula is C12H18. The zero-order valence-corrected chi connectivity index (χ0v) is 8.62. The summed E-state index contributed by atoms with van der Waals surface area (Å²) < 4.78 is 0. The van der Waals surface area contributed by atoms with Crippen molar-refractivity contribution in [2.75, 3.05) is 0 Å². The molecule has 0 aliphatic carbocycles. The first kappa shape index (κ1) is 11.1. The molecule has 0 aromatic carbocycles. The van der Waals surface area contributed by atoms with Crippen LogP contribution in [0.15, 0.2) is 16.9 Å². The fourth-order valence-corrected chi connectivity index (χ4v) is 0.749. The Morgan fingerprint density at radius 2 is 1.75 bits per heavy atom. The van der Waals surface area contributed by atoms with Gasteiger partial charge in [0, 0.05) is 12.0 Å². The Bertz CT molecular complexity index is 239. The molecule has 0 heterocycles. The molecule has 0 aromatic heterocycles. The van der Waals surface area contributed by atoms with Crippen LogP contribution in [0.4, 0.5) is 0 Å². The van der Waals surface area contributed by atoms with E-state index in [9.17, 15) is 0 Å².